The molecule has 112 valence electrons. The molecule has 3 nitrogen and oxygen atoms in total. The average molecular weight is 285 g/mol. The van der Waals surface area contributed by atoms with Gasteiger partial charge in [-0.1, -0.05) is 56.3 Å². The lowest BCUT2D eigenvalue weighted by Crippen LogP contribution is -2.39. The molecule has 0 heterocycles. The number of ether oxygens (including phenoxy) is 1. The van der Waals surface area contributed by atoms with Gasteiger partial charge in [-0.3, -0.25) is 0 Å². The van der Waals surface area contributed by atoms with Crippen molar-refractivity contribution in [1.82, 2.24) is 5.32 Å². The van der Waals surface area contributed by atoms with Crippen molar-refractivity contribution in [1.29, 1.82) is 0 Å². The number of carbonyl (C=O) groups is 1. The molecule has 1 unspecified atom stereocenters. The van der Waals surface area contributed by atoms with E-state index in [1.54, 1.807) is 0 Å². The zero-order valence-electron chi connectivity index (χ0n) is 12.8. The minimum absolute atomic E-state index is 0.125. The fraction of sp³-hybridized carbons (Fsp3) is 0.500. The van der Waals surface area contributed by atoms with E-state index in [1.165, 1.54) is 12.0 Å². The van der Waals surface area contributed by atoms with Crippen molar-refractivity contribution in [3.8, 4) is 0 Å². The van der Waals surface area contributed by atoms with E-state index in [2.05, 4.69) is 25.7 Å². The zero-order valence-corrected chi connectivity index (χ0v) is 12.8. The molecule has 2 aliphatic carbocycles. The summed E-state index contributed by atoms with van der Waals surface area (Å²) in [5, 5.41) is 3.08. The molecule has 1 aromatic carbocycles. The molecule has 1 N–H and O–H groups in total. The summed E-state index contributed by atoms with van der Waals surface area (Å²) in [5.41, 5.74) is 2.42. The summed E-state index contributed by atoms with van der Waals surface area (Å²) in [4.78, 5) is 12.0. The maximum Gasteiger partial charge on any atom is 0.407 e. The second kappa shape index (κ2) is 5.21. The summed E-state index contributed by atoms with van der Waals surface area (Å²) in [6, 6.07) is 9.94. The Hall–Kier alpha value is -1.77. The van der Waals surface area contributed by atoms with Crippen LogP contribution in [0.2, 0.25) is 0 Å². The number of nitrogens with one attached hydrogen (secondary N) is 1. The van der Waals surface area contributed by atoms with Gasteiger partial charge in [-0.25, -0.2) is 4.79 Å². The molecule has 0 aliphatic heterocycles. The average Bonchev–Trinajstić information content (AvgIpc) is 2.95. The Morgan fingerprint density at radius 3 is 2.67 bits per heavy atom. The van der Waals surface area contributed by atoms with Gasteiger partial charge in [-0.2, -0.15) is 0 Å². The van der Waals surface area contributed by atoms with Gasteiger partial charge in [0.25, 0.3) is 0 Å². The van der Waals surface area contributed by atoms with Crippen LogP contribution in [0.25, 0.3) is 0 Å². The van der Waals surface area contributed by atoms with Crippen LogP contribution in [0.3, 0.4) is 0 Å². The van der Waals surface area contributed by atoms with Gasteiger partial charge in [0.15, 0.2) is 0 Å². The molecule has 21 heavy (non-hydrogen) atoms. The molecule has 0 aromatic heterocycles. The van der Waals surface area contributed by atoms with Crippen molar-refractivity contribution >= 4 is 6.09 Å². The highest BCUT2D eigenvalue weighted by Crippen LogP contribution is 2.58. The molecule has 3 atom stereocenters. The first-order valence-corrected chi connectivity index (χ1v) is 7.66. The van der Waals surface area contributed by atoms with Crippen LogP contribution in [0.15, 0.2) is 42.5 Å². The minimum Gasteiger partial charge on any atom is -0.445 e. The molecule has 2 fully saturated rings. The Bertz CT molecular complexity index is 550. The Kier molecular flexibility index (Phi) is 3.52. The van der Waals surface area contributed by atoms with E-state index < -0.39 is 0 Å². The minimum atomic E-state index is -0.314. The molecule has 2 aliphatic rings. The molecule has 1 aromatic rings. The fourth-order valence-corrected chi connectivity index (χ4v) is 4.02. The molecule has 2 bridgehead atoms. The van der Waals surface area contributed by atoms with E-state index in [4.69, 9.17) is 4.74 Å². The van der Waals surface area contributed by atoms with Gasteiger partial charge in [0.1, 0.15) is 6.61 Å². The van der Waals surface area contributed by atoms with Gasteiger partial charge < -0.3 is 10.1 Å². The molecule has 2 saturated carbocycles. The first-order chi connectivity index (χ1) is 10.00. The maximum absolute atomic E-state index is 12.0. The molecule has 0 saturated heterocycles. The first kappa shape index (κ1) is 14.2. The number of alkyl carbamates (subject to hydrolysis) is 1. The quantitative estimate of drug-likeness (QED) is 0.855. The zero-order chi connectivity index (χ0) is 15.0. The fourth-order valence-electron chi connectivity index (χ4n) is 4.02. The van der Waals surface area contributed by atoms with Crippen molar-refractivity contribution in [3.63, 3.8) is 0 Å². The normalized spacial score (nSPS) is 29.4. The number of amides is 1. The number of hydrogen-bond donors (Lipinski definition) is 1. The van der Waals surface area contributed by atoms with Crippen LogP contribution >= 0.6 is 0 Å². The Labute approximate surface area is 126 Å². The lowest BCUT2D eigenvalue weighted by Gasteiger charge is -2.31. The summed E-state index contributed by atoms with van der Waals surface area (Å²) in [6.07, 6.45) is 1.99. The number of benzene rings is 1. The maximum atomic E-state index is 12.0. The Morgan fingerprint density at radius 2 is 2.05 bits per heavy atom. The lowest BCUT2D eigenvalue weighted by molar-refractivity contribution is 0.131. The van der Waals surface area contributed by atoms with Crippen LogP contribution in [-0.2, 0) is 11.3 Å². The third-order valence-corrected chi connectivity index (χ3v) is 5.36. The van der Waals surface area contributed by atoms with Crippen molar-refractivity contribution in [2.24, 2.45) is 17.3 Å². The highest BCUT2D eigenvalue weighted by atomic mass is 16.5. The predicted molar refractivity (Wildman–Crippen MR) is 82.7 cm³/mol. The van der Waals surface area contributed by atoms with Crippen LogP contribution in [0, 0.1) is 17.3 Å². The second-order valence-corrected chi connectivity index (χ2v) is 6.77. The summed E-state index contributed by atoms with van der Waals surface area (Å²) in [6.45, 7) is 9.05. The predicted octanol–water partition coefficient (Wildman–Crippen LogP) is 3.90. The monoisotopic (exact) mass is 285 g/mol. The third-order valence-electron chi connectivity index (χ3n) is 5.36. The van der Waals surface area contributed by atoms with E-state index in [9.17, 15) is 4.79 Å². The van der Waals surface area contributed by atoms with Crippen LogP contribution in [0.4, 0.5) is 4.79 Å². The topological polar surface area (TPSA) is 38.3 Å². The van der Waals surface area contributed by atoms with Gasteiger partial charge in [0.05, 0.1) is 0 Å². The van der Waals surface area contributed by atoms with Crippen LogP contribution in [-0.4, -0.2) is 12.1 Å². The highest BCUT2D eigenvalue weighted by Gasteiger charge is 2.55. The van der Waals surface area contributed by atoms with Gasteiger partial charge in [0, 0.05) is 12.0 Å². The van der Waals surface area contributed by atoms with Gasteiger partial charge in [-0.05, 0) is 29.7 Å². The van der Waals surface area contributed by atoms with Gasteiger partial charge in [-0.15, -0.1) is 0 Å². The highest BCUT2D eigenvalue weighted by molar-refractivity contribution is 5.68. The van der Waals surface area contributed by atoms with Crippen molar-refractivity contribution in [3.05, 3.63) is 48.0 Å². The summed E-state index contributed by atoms with van der Waals surface area (Å²) in [7, 11) is 0. The molecule has 1 amide bonds. The van der Waals surface area contributed by atoms with E-state index in [0.29, 0.717) is 18.4 Å². The number of rotatable bonds is 3. The van der Waals surface area contributed by atoms with E-state index in [0.717, 1.165) is 12.0 Å². The van der Waals surface area contributed by atoms with Gasteiger partial charge in [0.2, 0.25) is 0 Å². The van der Waals surface area contributed by atoms with E-state index in [1.807, 2.05) is 30.3 Å². The molecular formula is C18H23NO2. The Balaban J connectivity index is 1.58. The molecular weight excluding hydrogens is 262 g/mol. The molecule has 0 radical (unpaired) electrons. The summed E-state index contributed by atoms with van der Waals surface area (Å²) >= 11 is 0. The lowest BCUT2D eigenvalue weighted by atomic mass is 9.73. The summed E-state index contributed by atoms with van der Waals surface area (Å²) in [5.74, 6) is 0.897. The number of hydrogen-bond acceptors (Lipinski definition) is 2. The third kappa shape index (κ3) is 2.45. The standard InChI is InChI=1S/C18H23NO2/c1-12-14-9-10-15(18(12,2)3)16(14)19-17(20)21-11-13-7-5-4-6-8-13/h4-8,14-16H,1,9-11H2,2-3H3,(H,19,20)/t14-,15-,16?/m0/s1. The second-order valence-electron chi connectivity index (χ2n) is 6.77. The summed E-state index contributed by atoms with van der Waals surface area (Å²) < 4.78 is 5.34. The van der Waals surface area contributed by atoms with Gasteiger partial charge >= 0.3 is 6.09 Å². The van der Waals surface area contributed by atoms with E-state index >= 15 is 0 Å². The SMILES string of the molecule is C=C1[C@@H]2CC[C@@H](C2NC(=O)OCc2ccccc2)C1(C)C. The van der Waals surface area contributed by atoms with Crippen LogP contribution in [0.5, 0.6) is 0 Å². The van der Waals surface area contributed by atoms with E-state index in [-0.39, 0.29) is 17.6 Å². The first-order valence-electron chi connectivity index (χ1n) is 7.66. The smallest absolute Gasteiger partial charge is 0.407 e. The van der Waals surface area contributed by atoms with Crippen LogP contribution < -0.4 is 5.32 Å². The molecule has 3 heteroatoms. The van der Waals surface area contributed by atoms with Crippen LogP contribution in [0.1, 0.15) is 32.3 Å². The van der Waals surface area contributed by atoms with Crippen molar-refractivity contribution in [2.75, 3.05) is 0 Å². The number of fused-ring (bicyclic) bond motifs is 2. The largest absolute Gasteiger partial charge is 0.445 e. The Morgan fingerprint density at radius 1 is 1.33 bits per heavy atom. The van der Waals surface area contributed by atoms with Crippen molar-refractivity contribution < 1.29 is 9.53 Å². The number of carbonyl (C=O) groups excluding carboxylic acids is 1. The molecule has 0 spiro atoms. The van der Waals surface area contributed by atoms with Crippen molar-refractivity contribution in [2.45, 2.75) is 39.3 Å². The molecule has 3 rings (SSSR count).